The molecule has 0 amide bonds. The topological polar surface area (TPSA) is 52.6 Å². The molecule has 0 spiro atoms. The van der Waals surface area contributed by atoms with Gasteiger partial charge in [-0.05, 0) is 6.42 Å². The molecular weight excluding hydrogens is 148 g/mol. The molecule has 0 aromatic carbocycles. The predicted molar refractivity (Wildman–Crippen MR) is 37.4 cm³/mol. The molecule has 0 heterocycles. The third-order valence-electron chi connectivity index (χ3n) is 0.986. The fraction of sp³-hybridized carbons (Fsp3) is 0.714. The maximum Gasteiger partial charge on any atom is 0.355 e. The number of hydrogen-bond donors (Lipinski definition) is 0. The largest absolute Gasteiger partial charge is 0.355 e. The maximum absolute atomic E-state index is 10.6. The van der Waals surface area contributed by atoms with Gasteiger partial charge in [-0.3, -0.25) is 0 Å². The normalized spacial score (nSPS) is 8.91. The van der Waals surface area contributed by atoms with Crippen molar-refractivity contribution in [2.45, 2.75) is 33.1 Å². The standard InChI is InChI=1S/C7H12O4/c1-3-4-5-7(9)11-10-6(2)8/h3-5H2,1-2H3. The number of carbonyl (C=O) groups excluding carboxylic acids is 2. The van der Waals surface area contributed by atoms with E-state index in [-0.39, 0.29) is 0 Å². The summed E-state index contributed by atoms with van der Waals surface area (Å²) in [6.45, 7) is 3.13. The highest BCUT2D eigenvalue weighted by atomic mass is 17.2. The molecule has 4 nitrogen and oxygen atoms in total. The molecule has 0 rings (SSSR count). The fourth-order valence-corrected chi connectivity index (χ4v) is 0.468. The van der Waals surface area contributed by atoms with Crippen LogP contribution in [0.4, 0.5) is 0 Å². The SMILES string of the molecule is CCCCC(=O)OOC(C)=O. The van der Waals surface area contributed by atoms with E-state index in [2.05, 4.69) is 9.78 Å². The summed E-state index contributed by atoms with van der Waals surface area (Å²) in [7, 11) is 0. The average molecular weight is 160 g/mol. The Bertz CT molecular complexity index is 141. The van der Waals surface area contributed by atoms with E-state index in [0.717, 1.165) is 12.8 Å². The van der Waals surface area contributed by atoms with E-state index in [9.17, 15) is 9.59 Å². The highest BCUT2D eigenvalue weighted by Gasteiger charge is 2.04. The lowest BCUT2D eigenvalue weighted by Crippen LogP contribution is -2.07. The first-order valence-electron chi connectivity index (χ1n) is 3.54. The van der Waals surface area contributed by atoms with Crippen LogP contribution in [0.2, 0.25) is 0 Å². The third kappa shape index (κ3) is 6.83. The molecule has 64 valence electrons. The first-order chi connectivity index (χ1) is 5.16. The smallest absolute Gasteiger partial charge is 0.248 e. The number of hydrogen-bond acceptors (Lipinski definition) is 4. The Morgan fingerprint density at radius 1 is 1.27 bits per heavy atom. The summed E-state index contributed by atoms with van der Waals surface area (Å²) in [6.07, 6.45) is 1.96. The van der Waals surface area contributed by atoms with Crippen molar-refractivity contribution in [3.05, 3.63) is 0 Å². The van der Waals surface area contributed by atoms with Crippen LogP contribution in [0, 0.1) is 0 Å². The summed E-state index contributed by atoms with van der Waals surface area (Å²) in [5.41, 5.74) is 0. The van der Waals surface area contributed by atoms with Crippen molar-refractivity contribution in [2.24, 2.45) is 0 Å². The van der Waals surface area contributed by atoms with Gasteiger partial charge in [0, 0.05) is 6.92 Å². The molecular formula is C7H12O4. The maximum atomic E-state index is 10.6. The van der Waals surface area contributed by atoms with Gasteiger partial charge in [0.05, 0.1) is 6.42 Å². The quantitative estimate of drug-likeness (QED) is 0.459. The van der Waals surface area contributed by atoms with Gasteiger partial charge in [-0.1, -0.05) is 13.3 Å². The Kier molecular flexibility index (Phi) is 5.15. The van der Waals surface area contributed by atoms with Gasteiger partial charge in [-0.15, -0.1) is 0 Å². The minimum atomic E-state index is -0.616. The molecule has 0 aliphatic carbocycles. The summed E-state index contributed by atoms with van der Waals surface area (Å²) in [5.74, 6) is -1.11. The summed E-state index contributed by atoms with van der Waals surface area (Å²) in [5, 5.41) is 0. The monoisotopic (exact) mass is 160 g/mol. The van der Waals surface area contributed by atoms with Crippen LogP contribution >= 0.6 is 0 Å². The van der Waals surface area contributed by atoms with E-state index in [1.54, 1.807) is 0 Å². The molecule has 0 atom stereocenters. The highest BCUT2D eigenvalue weighted by Crippen LogP contribution is 1.96. The molecule has 0 aliphatic heterocycles. The van der Waals surface area contributed by atoms with Gasteiger partial charge in [0.1, 0.15) is 0 Å². The van der Waals surface area contributed by atoms with E-state index >= 15 is 0 Å². The molecule has 0 N–H and O–H groups in total. The van der Waals surface area contributed by atoms with Crippen LogP contribution in [0.25, 0.3) is 0 Å². The Morgan fingerprint density at radius 3 is 2.36 bits per heavy atom. The molecule has 0 aromatic heterocycles. The first-order valence-corrected chi connectivity index (χ1v) is 3.54. The van der Waals surface area contributed by atoms with Gasteiger partial charge in [0.2, 0.25) is 0 Å². The van der Waals surface area contributed by atoms with E-state index < -0.39 is 11.9 Å². The molecule has 4 heteroatoms. The average Bonchev–Trinajstić information content (AvgIpc) is 1.97. The van der Waals surface area contributed by atoms with Crippen LogP contribution in [-0.4, -0.2) is 11.9 Å². The van der Waals surface area contributed by atoms with Gasteiger partial charge in [-0.25, -0.2) is 19.4 Å². The van der Waals surface area contributed by atoms with E-state index in [0.29, 0.717) is 6.42 Å². The Balaban J connectivity index is 3.30. The molecule has 0 aromatic rings. The lowest BCUT2D eigenvalue weighted by molar-refractivity contribution is -0.257. The van der Waals surface area contributed by atoms with Crippen molar-refractivity contribution in [1.82, 2.24) is 0 Å². The molecule has 0 aliphatic rings. The van der Waals surface area contributed by atoms with Crippen LogP contribution in [0.15, 0.2) is 0 Å². The van der Waals surface area contributed by atoms with Crippen LogP contribution in [0.1, 0.15) is 33.1 Å². The van der Waals surface area contributed by atoms with Crippen molar-refractivity contribution in [3.8, 4) is 0 Å². The Morgan fingerprint density at radius 2 is 1.91 bits per heavy atom. The van der Waals surface area contributed by atoms with Gasteiger partial charge in [-0.2, -0.15) is 0 Å². The summed E-state index contributed by atoms with van der Waals surface area (Å²) < 4.78 is 0. The molecule has 0 fully saturated rings. The minimum Gasteiger partial charge on any atom is -0.248 e. The van der Waals surface area contributed by atoms with Crippen LogP contribution < -0.4 is 0 Å². The zero-order valence-corrected chi connectivity index (χ0v) is 6.75. The van der Waals surface area contributed by atoms with Crippen molar-refractivity contribution >= 4 is 11.9 Å². The molecule has 0 saturated carbocycles. The van der Waals surface area contributed by atoms with E-state index in [4.69, 9.17) is 0 Å². The minimum absolute atomic E-state index is 0.295. The van der Waals surface area contributed by atoms with Gasteiger partial charge in [0.15, 0.2) is 0 Å². The summed E-state index contributed by atoms with van der Waals surface area (Å²) in [6, 6.07) is 0. The van der Waals surface area contributed by atoms with E-state index in [1.165, 1.54) is 6.92 Å². The second-order valence-corrected chi connectivity index (χ2v) is 2.13. The first kappa shape index (κ1) is 9.94. The predicted octanol–water partition coefficient (Wildman–Crippen LogP) is 1.20. The summed E-state index contributed by atoms with van der Waals surface area (Å²) >= 11 is 0. The lowest BCUT2D eigenvalue weighted by Gasteiger charge is -1.98. The van der Waals surface area contributed by atoms with Crippen molar-refractivity contribution in [2.75, 3.05) is 0 Å². The lowest BCUT2D eigenvalue weighted by atomic mass is 10.3. The third-order valence-corrected chi connectivity index (χ3v) is 0.986. The highest BCUT2D eigenvalue weighted by molar-refractivity contribution is 5.71. The Hall–Kier alpha value is -1.06. The molecule has 0 saturated heterocycles. The van der Waals surface area contributed by atoms with Crippen LogP contribution in [0.3, 0.4) is 0 Å². The van der Waals surface area contributed by atoms with Gasteiger partial charge < -0.3 is 0 Å². The van der Waals surface area contributed by atoms with Crippen LogP contribution in [0.5, 0.6) is 0 Å². The second-order valence-electron chi connectivity index (χ2n) is 2.13. The van der Waals surface area contributed by atoms with Gasteiger partial charge in [0.25, 0.3) is 0 Å². The van der Waals surface area contributed by atoms with Gasteiger partial charge >= 0.3 is 11.9 Å². The molecule has 11 heavy (non-hydrogen) atoms. The van der Waals surface area contributed by atoms with Crippen LogP contribution in [-0.2, 0) is 19.4 Å². The number of carbonyl (C=O) groups is 2. The van der Waals surface area contributed by atoms with Crippen molar-refractivity contribution in [3.63, 3.8) is 0 Å². The molecule has 0 radical (unpaired) electrons. The number of rotatable bonds is 3. The number of unbranched alkanes of at least 4 members (excludes halogenated alkanes) is 1. The zero-order chi connectivity index (χ0) is 8.69. The molecule has 0 bridgehead atoms. The van der Waals surface area contributed by atoms with E-state index in [1.807, 2.05) is 6.92 Å². The summed E-state index contributed by atoms with van der Waals surface area (Å²) in [4.78, 5) is 28.9. The van der Waals surface area contributed by atoms with Crippen molar-refractivity contribution in [1.29, 1.82) is 0 Å². The second kappa shape index (κ2) is 5.70. The fourth-order valence-electron chi connectivity index (χ4n) is 0.468. The van der Waals surface area contributed by atoms with Crippen molar-refractivity contribution < 1.29 is 19.4 Å². The molecule has 0 unspecified atom stereocenters. The zero-order valence-electron chi connectivity index (χ0n) is 6.75. The Labute approximate surface area is 65.4 Å².